The molecule has 0 aliphatic carbocycles. The van der Waals surface area contributed by atoms with Gasteiger partial charge >= 0.3 is 0 Å². The number of unbranched alkanes of at least 4 members (excludes halogenated alkanes) is 1. The second kappa shape index (κ2) is 9.37. The van der Waals surface area contributed by atoms with Crippen molar-refractivity contribution in [2.75, 3.05) is 25.5 Å². The number of alkyl halides is 1. The molecular formula is C9H17Cl2N. The Kier molecular flexibility index (Phi) is 9.59. The number of hydrogen-bond donors (Lipinski definition) is 0. The summed E-state index contributed by atoms with van der Waals surface area (Å²) in [5.41, 5.74) is 1.56. The highest BCUT2D eigenvalue weighted by molar-refractivity contribution is 6.25. The van der Waals surface area contributed by atoms with E-state index in [4.69, 9.17) is 23.2 Å². The van der Waals surface area contributed by atoms with E-state index in [1.54, 1.807) is 5.54 Å². The van der Waals surface area contributed by atoms with Gasteiger partial charge in [0, 0.05) is 24.5 Å². The third-order valence-corrected chi connectivity index (χ3v) is 2.03. The van der Waals surface area contributed by atoms with E-state index in [2.05, 4.69) is 11.8 Å². The van der Waals surface area contributed by atoms with Crippen LogP contribution in [0.4, 0.5) is 0 Å². The van der Waals surface area contributed by atoms with Crippen molar-refractivity contribution in [3.05, 3.63) is 11.6 Å². The molecule has 0 spiro atoms. The van der Waals surface area contributed by atoms with Gasteiger partial charge in [-0.2, -0.15) is 0 Å². The molecule has 0 aliphatic heterocycles. The number of nitrogens with zero attached hydrogens (tertiary/aromatic N) is 1. The van der Waals surface area contributed by atoms with Crippen molar-refractivity contribution < 1.29 is 0 Å². The fraction of sp³-hybridized carbons (Fsp3) is 0.778. The Hall–Kier alpha value is 0.280. The maximum atomic E-state index is 5.66. The van der Waals surface area contributed by atoms with E-state index in [0.717, 1.165) is 19.6 Å². The van der Waals surface area contributed by atoms with E-state index in [1.165, 1.54) is 12.8 Å². The number of hydrogen-bond acceptors (Lipinski definition) is 1. The molecule has 0 saturated heterocycles. The molecule has 12 heavy (non-hydrogen) atoms. The predicted molar refractivity (Wildman–Crippen MR) is 57.1 cm³/mol. The summed E-state index contributed by atoms with van der Waals surface area (Å²) < 4.78 is 0. The van der Waals surface area contributed by atoms with Crippen LogP contribution in [-0.2, 0) is 0 Å². The first-order valence-corrected chi connectivity index (χ1v) is 5.35. The van der Waals surface area contributed by atoms with Gasteiger partial charge in [-0.3, -0.25) is 4.90 Å². The van der Waals surface area contributed by atoms with Gasteiger partial charge in [0.05, 0.1) is 0 Å². The first-order chi connectivity index (χ1) is 5.85. The lowest BCUT2D eigenvalue weighted by molar-refractivity contribution is 0.315. The highest BCUT2D eigenvalue weighted by atomic mass is 35.5. The molecule has 0 aromatic heterocycles. The summed E-state index contributed by atoms with van der Waals surface area (Å²) in [6.07, 6.45) is 4.40. The van der Waals surface area contributed by atoms with Gasteiger partial charge in [-0.25, -0.2) is 0 Å². The molecule has 0 fully saturated rings. The summed E-state index contributed by atoms with van der Waals surface area (Å²) in [6, 6.07) is 0. The SMILES string of the molecule is CCCCN(C/C=C/Cl)CCCl. The highest BCUT2D eigenvalue weighted by Crippen LogP contribution is 1.96. The van der Waals surface area contributed by atoms with Crippen LogP contribution in [0.15, 0.2) is 11.6 Å². The van der Waals surface area contributed by atoms with Gasteiger partial charge in [-0.05, 0) is 13.0 Å². The van der Waals surface area contributed by atoms with Crippen LogP contribution in [0.2, 0.25) is 0 Å². The molecule has 0 atom stereocenters. The van der Waals surface area contributed by atoms with E-state index in [9.17, 15) is 0 Å². The van der Waals surface area contributed by atoms with Gasteiger partial charge in [0.2, 0.25) is 0 Å². The highest BCUT2D eigenvalue weighted by Gasteiger charge is 1.99. The topological polar surface area (TPSA) is 3.24 Å². The first-order valence-electron chi connectivity index (χ1n) is 4.38. The van der Waals surface area contributed by atoms with Crippen molar-refractivity contribution in [2.45, 2.75) is 19.8 Å². The Morgan fingerprint density at radius 3 is 2.58 bits per heavy atom. The van der Waals surface area contributed by atoms with E-state index in [-0.39, 0.29) is 0 Å². The van der Waals surface area contributed by atoms with Gasteiger partial charge < -0.3 is 0 Å². The molecule has 0 heterocycles. The van der Waals surface area contributed by atoms with Gasteiger partial charge in [-0.15, -0.1) is 11.6 Å². The normalized spacial score (nSPS) is 11.7. The Labute approximate surface area is 85.3 Å². The van der Waals surface area contributed by atoms with Crippen LogP contribution in [0.1, 0.15) is 19.8 Å². The lowest BCUT2D eigenvalue weighted by Gasteiger charge is -2.18. The van der Waals surface area contributed by atoms with Crippen molar-refractivity contribution in [1.29, 1.82) is 0 Å². The summed E-state index contributed by atoms with van der Waals surface area (Å²) in [5.74, 6) is 0.694. The summed E-state index contributed by atoms with van der Waals surface area (Å²) in [7, 11) is 0. The molecule has 0 rings (SSSR count). The molecule has 0 amide bonds. The maximum absolute atomic E-state index is 5.66. The van der Waals surface area contributed by atoms with Crippen LogP contribution < -0.4 is 0 Å². The maximum Gasteiger partial charge on any atom is 0.0351 e. The molecule has 72 valence electrons. The van der Waals surface area contributed by atoms with E-state index in [1.807, 2.05) is 6.08 Å². The predicted octanol–water partition coefficient (Wildman–Crippen LogP) is 3.08. The smallest absolute Gasteiger partial charge is 0.0351 e. The Morgan fingerprint density at radius 1 is 1.33 bits per heavy atom. The molecule has 0 N–H and O–H groups in total. The average molecular weight is 210 g/mol. The van der Waals surface area contributed by atoms with Crippen molar-refractivity contribution in [3.63, 3.8) is 0 Å². The van der Waals surface area contributed by atoms with Gasteiger partial charge in [0.1, 0.15) is 0 Å². The largest absolute Gasteiger partial charge is 0.298 e. The third kappa shape index (κ3) is 6.96. The van der Waals surface area contributed by atoms with Crippen LogP contribution in [0.5, 0.6) is 0 Å². The van der Waals surface area contributed by atoms with Crippen LogP contribution in [0, 0.1) is 0 Å². The molecule has 0 radical (unpaired) electrons. The van der Waals surface area contributed by atoms with E-state index < -0.39 is 0 Å². The minimum atomic E-state index is 0.694. The second-order valence-electron chi connectivity index (χ2n) is 2.70. The van der Waals surface area contributed by atoms with Crippen molar-refractivity contribution in [3.8, 4) is 0 Å². The van der Waals surface area contributed by atoms with E-state index >= 15 is 0 Å². The third-order valence-electron chi connectivity index (χ3n) is 1.68. The zero-order chi connectivity index (χ0) is 9.23. The molecular weight excluding hydrogens is 193 g/mol. The fourth-order valence-electron chi connectivity index (χ4n) is 0.985. The zero-order valence-corrected chi connectivity index (χ0v) is 9.11. The lowest BCUT2D eigenvalue weighted by atomic mass is 10.3. The van der Waals surface area contributed by atoms with Crippen LogP contribution in [0.25, 0.3) is 0 Å². The van der Waals surface area contributed by atoms with Crippen LogP contribution in [0.3, 0.4) is 0 Å². The summed E-state index contributed by atoms with van der Waals surface area (Å²) in [5, 5.41) is 0. The monoisotopic (exact) mass is 209 g/mol. The molecule has 0 bridgehead atoms. The van der Waals surface area contributed by atoms with Crippen molar-refractivity contribution >= 4 is 23.2 Å². The molecule has 1 nitrogen and oxygen atoms in total. The van der Waals surface area contributed by atoms with Crippen LogP contribution in [-0.4, -0.2) is 30.4 Å². The number of rotatable bonds is 7. The quantitative estimate of drug-likeness (QED) is 0.583. The average Bonchev–Trinajstić information content (AvgIpc) is 2.10. The van der Waals surface area contributed by atoms with E-state index in [0.29, 0.717) is 5.88 Å². The van der Waals surface area contributed by atoms with Gasteiger partial charge in [0.25, 0.3) is 0 Å². The second-order valence-corrected chi connectivity index (χ2v) is 3.33. The van der Waals surface area contributed by atoms with Crippen LogP contribution >= 0.6 is 23.2 Å². The molecule has 0 aliphatic rings. The summed E-state index contributed by atoms with van der Waals surface area (Å²) >= 11 is 11.1. The molecule has 3 heteroatoms. The van der Waals surface area contributed by atoms with Crippen molar-refractivity contribution in [1.82, 2.24) is 4.90 Å². The zero-order valence-electron chi connectivity index (χ0n) is 7.60. The molecule has 0 saturated carbocycles. The molecule has 0 aromatic rings. The van der Waals surface area contributed by atoms with Crippen molar-refractivity contribution in [2.24, 2.45) is 0 Å². The minimum absolute atomic E-state index is 0.694. The van der Waals surface area contributed by atoms with Gasteiger partial charge in [0.15, 0.2) is 0 Å². The minimum Gasteiger partial charge on any atom is -0.298 e. The Balaban J connectivity index is 3.53. The lowest BCUT2D eigenvalue weighted by Crippen LogP contribution is -2.27. The van der Waals surface area contributed by atoms with Gasteiger partial charge in [-0.1, -0.05) is 31.0 Å². The fourth-order valence-corrected chi connectivity index (χ4v) is 1.30. The first kappa shape index (κ1) is 12.3. The Morgan fingerprint density at radius 2 is 2.08 bits per heavy atom. The Bertz CT molecular complexity index is 115. The molecule has 0 unspecified atom stereocenters. The summed E-state index contributed by atoms with van der Waals surface area (Å²) in [6.45, 7) is 5.17. The number of halogens is 2. The molecule has 0 aromatic carbocycles. The standard InChI is InChI=1S/C9H17Cl2N/c1-2-3-7-12(9-6-11)8-4-5-10/h4-5H,2-3,6-9H2,1H3/b5-4+. The summed E-state index contributed by atoms with van der Waals surface area (Å²) in [4.78, 5) is 2.30.